The van der Waals surface area contributed by atoms with Gasteiger partial charge in [0.2, 0.25) is 0 Å². The maximum Gasteiger partial charge on any atom is 0.167 e. The number of hydrogen-bond donors (Lipinski definition) is 1. The zero-order chi connectivity index (χ0) is 18.8. The average Bonchev–Trinajstić information content (AvgIpc) is 3.28. The lowest BCUT2D eigenvalue weighted by Crippen LogP contribution is -1.86. The molecule has 0 radical (unpaired) electrons. The van der Waals surface area contributed by atoms with Gasteiger partial charge in [-0.1, -0.05) is 60.8 Å². The molecular formula is C23H19N3O. The van der Waals surface area contributed by atoms with Gasteiger partial charge in [-0.2, -0.15) is 0 Å². The Labute approximate surface area is 157 Å². The summed E-state index contributed by atoms with van der Waals surface area (Å²) in [6, 6.07) is 14.3. The SMILES string of the molecule is C=Cc1noc(C=C)c1-c1cc(/C=C/c2ccccc2)c2nc(C)[nH]c2c1. The van der Waals surface area contributed by atoms with Crippen LogP contribution in [-0.4, -0.2) is 15.1 Å². The molecule has 0 aliphatic rings. The van der Waals surface area contributed by atoms with Crippen LogP contribution in [-0.2, 0) is 0 Å². The molecule has 132 valence electrons. The van der Waals surface area contributed by atoms with E-state index in [2.05, 4.69) is 64.7 Å². The van der Waals surface area contributed by atoms with Gasteiger partial charge in [-0.3, -0.25) is 0 Å². The van der Waals surface area contributed by atoms with Crippen molar-refractivity contribution < 1.29 is 4.52 Å². The first-order chi connectivity index (χ1) is 13.2. The average molecular weight is 353 g/mol. The summed E-state index contributed by atoms with van der Waals surface area (Å²) in [5, 5.41) is 4.08. The van der Waals surface area contributed by atoms with Crippen molar-refractivity contribution in [1.29, 1.82) is 0 Å². The van der Waals surface area contributed by atoms with Crippen LogP contribution >= 0.6 is 0 Å². The summed E-state index contributed by atoms with van der Waals surface area (Å²) in [5.74, 6) is 1.49. The lowest BCUT2D eigenvalue weighted by molar-refractivity contribution is 0.412. The molecule has 0 aliphatic carbocycles. The number of benzene rings is 2. The molecule has 2 aromatic carbocycles. The number of H-pyrrole nitrogens is 1. The number of aryl methyl sites for hydroxylation is 1. The number of aromatic nitrogens is 3. The second-order valence-corrected chi connectivity index (χ2v) is 6.24. The summed E-state index contributed by atoms with van der Waals surface area (Å²) in [7, 11) is 0. The minimum absolute atomic E-state index is 0.624. The highest BCUT2D eigenvalue weighted by Gasteiger charge is 2.16. The van der Waals surface area contributed by atoms with Gasteiger partial charge in [-0.25, -0.2) is 4.98 Å². The Balaban J connectivity index is 1.91. The van der Waals surface area contributed by atoms with E-state index >= 15 is 0 Å². The molecule has 1 N–H and O–H groups in total. The van der Waals surface area contributed by atoms with Crippen molar-refractivity contribution in [2.75, 3.05) is 0 Å². The molecule has 0 spiro atoms. The molecule has 0 amide bonds. The third-order valence-corrected chi connectivity index (χ3v) is 4.40. The molecule has 4 nitrogen and oxygen atoms in total. The van der Waals surface area contributed by atoms with Gasteiger partial charge in [0.25, 0.3) is 0 Å². The second kappa shape index (κ2) is 6.92. The van der Waals surface area contributed by atoms with E-state index in [0.29, 0.717) is 11.5 Å². The van der Waals surface area contributed by atoms with Gasteiger partial charge >= 0.3 is 0 Å². The predicted octanol–water partition coefficient (Wildman–Crippen LogP) is 5.98. The fraction of sp³-hybridized carbons (Fsp3) is 0.0435. The zero-order valence-corrected chi connectivity index (χ0v) is 15.1. The van der Waals surface area contributed by atoms with Crippen molar-refractivity contribution in [3.05, 3.63) is 84.0 Å². The lowest BCUT2D eigenvalue weighted by atomic mass is 9.99. The van der Waals surface area contributed by atoms with Crippen LogP contribution in [0.15, 0.2) is 60.1 Å². The maximum absolute atomic E-state index is 5.39. The van der Waals surface area contributed by atoms with Crippen LogP contribution < -0.4 is 0 Å². The third-order valence-electron chi connectivity index (χ3n) is 4.40. The van der Waals surface area contributed by atoms with E-state index in [-0.39, 0.29) is 0 Å². The molecule has 0 bridgehead atoms. The van der Waals surface area contributed by atoms with E-state index in [1.807, 2.05) is 25.1 Å². The predicted molar refractivity (Wildman–Crippen MR) is 112 cm³/mol. The van der Waals surface area contributed by atoms with Gasteiger partial charge in [0.05, 0.1) is 16.6 Å². The fourth-order valence-electron chi connectivity index (χ4n) is 3.17. The number of aromatic amines is 1. The summed E-state index contributed by atoms with van der Waals surface area (Å²) in [6.07, 6.45) is 7.51. The van der Waals surface area contributed by atoms with Crippen molar-refractivity contribution in [3.8, 4) is 11.1 Å². The largest absolute Gasteiger partial charge is 0.356 e. The summed E-state index contributed by atoms with van der Waals surface area (Å²) < 4.78 is 5.39. The van der Waals surface area contributed by atoms with Gasteiger partial charge in [-0.05, 0) is 42.3 Å². The number of rotatable bonds is 5. The van der Waals surface area contributed by atoms with Crippen molar-refractivity contribution in [2.24, 2.45) is 0 Å². The van der Waals surface area contributed by atoms with E-state index in [9.17, 15) is 0 Å². The Morgan fingerprint density at radius 1 is 1.04 bits per heavy atom. The molecule has 0 saturated heterocycles. The fourth-order valence-corrected chi connectivity index (χ4v) is 3.17. The number of fused-ring (bicyclic) bond motifs is 1. The minimum Gasteiger partial charge on any atom is -0.356 e. The van der Waals surface area contributed by atoms with Gasteiger partial charge < -0.3 is 9.51 Å². The summed E-state index contributed by atoms with van der Waals surface area (Å²) in [5.41, 5.74) is 6.59. The quantitative estimate of drug-likeness (QED) is 0.449. The van der Waals surface area contributed by atoms with Crippen LogP contribution in [0.25, 0.3) is 46.5 Å². The molecule has 4 rings (SSSR count). The normalized spacial score (nSPS) is 11.3. The Kier molecular flexibility index (Phi) is 4.30. The first-order valence-electron chi connectivity index (χ1n) is 8.68. The number of hydrogen-bond acceptors (Lipinski definition) is 3. The Morgan fingerprint density at radius 3 is 2.59 bits per heavy atom. The van der Waals surface area contributed by atoms with Crippen LogP contribution in [0.1, 0.15) is 28.4 Å². The highest BCUT2D eigenvalue weighted by molar-refractivity contribution is 5.94. The van der Waals surface area contributed by atoms with Crippen molar-refractivity contribution in [2.45, 2.75) is 6.92 Å². The molecule has 4 heteroatoms. The molecule has 0 unspecified atom stereocenters. The van der Waals surface area contributed by atoms with Crippen LogP contribution in [0.2, 0.25) is 0 Å². The smallest absolute Gasteiger partial charge is 0.167 e. The molecular weight excluding hydrogens is 334 g/mol. The standard InChI is InChI=1S/C23H19N3O/c1-4-19-22(21(5-2)27-26-19)18-13-17(12-11-16-9-7-6-8-10-16)23-20(14-18)24-15(3)25-23/h4-14H,1-2H2,3H3,(H,24,25)/b12-11+. The Bertz CT molecular complexity index is 1140. The van der Waals surface area contributed by atoms with Gasteiger partial charge in [0.15, 0.2) is 5.76 Å². The van der Waals surface area contributed by atoms with E-state index in [1.54, 1.807) is 12.2 Å². The topological polar surface area (TPSA) is 54.7 Å². The molecule has 27 heavy (non-hydrogen) atoms. The van der Waals surface area contributed by atoms with E-state index in [4.69, 9.17) is 4.52 Å². The number of nitrogens with zero attached hydrogens (tertiary/aromatic N) is 2. The molecule has 0 fully saturated rings. The first kappa shape index (κ1) is 16.8. The van der Waals surface area contributed by atoms with Gasteiger partial charge in [0, 0.05) is 5.56 Å². The van der Waals surface area contributed by atoms with E-state index in [1.165, 1.54) is 0 Å². The summed E-state index contributed by atoms with van der Waals surface area (Å²) in [6.45, 7) is 9.62. The summed E-state index contributed by atoms with van der Waals surface area (Å²) in [4.78, 5) is 7.97. The third kappa shape index (κ3) is 3.13. The monoisotopic (exact) mass is 353 g/mol. The number of imidazole rings is 1. The van der Waals surface area contributed by atoms with Crippen molar-refractivity contribution >= 4 is 35.3 Å². The molecule has 0 saturated carbocycles. The Hall–Kier alpha value is -3.66. The van der Waals surface area contributed by atoms with Crippen molar-refractivity contribution in [3.63, 3.8) is 0 Å². The molecule has 2 heterocycles. The van der Waals surface area contributed by atoms with Crippen LogP contribution in [0.5, 0.6) is 0 Å². The van der Waals surface area contributed by atoms with Crippen LogP contribution in [0.3, 0.4) is 0 Å². The first-order valence-corrected chi connectivity index (χ1v) is 8.68. The second-order valence-electron chi connectivity index (χ2n) is 6.24. The zero-order valence-electron chi connectivity index (χ0n) is 15.1. The van der Waals surface area contributed by atoms with Crippen LogP contribution in [0.4, 0.5) is 0 Å². The molecule has 2 aromatic heterocycles. The van der Waals surface area contributed by atoms with E-state index in [0.717, 1.165) is 39.1 Å². The highest BCUT2D eigenvalue weighted by atomic mass is 16.5. The van der Waals surface area contributed by atoms with Crippen LogP contribution in [0, 0.1) is 6.92 Å². The minimum atomic E-state index is 0.624. The maximum atomic E-state index is 5.39. The summed E-state index contributed by atoms with van der Waals surface area (Å²) >= 11 is 0. The van der Waals surface area contributed by atoms with E-state index < -0.39 is 0 Å². The lowest BCUT2D eigenvalue weighted by Gasteiger charge is -2.04. The Morgan fingerprint density at radius 2 is 1.85 bits per heavy atom. The highest BCUT2D eigenvalue weighted by Crippen LogP contribution is 2.33. The van der Waals surface area contributed by atoms with Gasteiger partial charge in [0.1, 0.15) is 11.5 Å². The molecule has 0 atom stereocenters. The van der Waals surface area contributed by atoms with Gasteiger partial charge in [-0.15, -0.1) is 0 Å². The van der Waals surface area contributed by atoms with Crippen molar-refractivity contribution in [1.82, 2.24) is 15.1 Å². The molecule has 4 aromatic rings. The number of nitrogens with one attached hydrogen (secondary N) is 1. The molecule has 0 aliphatic heterocycles.